The largest absolute Gasteiger partial charge is 0.484 e. The molecule has 2 aromatic heterocycles. The lowest BCUT2D eigenvalue weighted by molar-refractivity contribution is -0.123. The number of nitrogens with one attached hydrogen (secondary N) is 1. The summed E-state index contributed by atoms with van der Waals surface area (Å²) in [7, 11) is 0. The second-order valence-electron chi connectivity index (χ2n) is 5.49. The third-order valence-electron chi connectivity index (χ3n) is 3.54. The van der Waals surface area contributed by atoms with Crippen LogP contribution in [-0.2, 0) is 4.79 Å². The van der Waals surface area contributed by atoms with Crippen molar-refractivity contribution < 1.29 is 14.3 Å². The molecule has 26 heavy (non-hydrogen) atoms. The highest BCUT2D eigenvalue weighted by Gasteiger charge is 2.05. The van der Waals surface area contributed by atoms with E-state index in [2.05, 4.69) is 15.5 Å². The molecule has 1 N–H and O–H groups in total. The topological polar surface area (TPSA) is 73.3 Å². The molecule has 2 heterocycles. The summed E-state index contributed by atoms with van der Waals surface area (Å²) < 4.78 is 11.0. The van der Waals surface area contributed by atoms with E-state index in [1.54, 1.807) is 17.4 Å². The summed E-state index contributed by atoms with van der Waals surface area (Å²) in [4.78, 5) is 12.9. The SMILES string of the molecule is Cc1ccccc1OCC(=O)NCCOc1ccc(-c2cccs2)nn1. The molecule has 0 spiro atoms. The van der Waals surface area contributed by atoms with Crippen LogP contribution in [0.15, 0.2) is 53.9 Å². The Labute approximate surface area is 155 Å². The lowest BCUT2D eigenvalue weighted by Gasteiger charge is -2.09. The first kappa shape index (κ1) is 17.9. The van der Waals surface area contributed by atoms with Gasteiger partial charge < -0.3 is 14.8 Å². The van der Waals surface area contributed by atoms with Gasteiger partial charge in [0.05, 0.1) is 11.4 Å². The maximum Gasteiger partial charge on any atom is 0.258 e. The van der Waals surface area contributed by atoms with E-state index in [0.29, 0.717) is 24.8 Å². The molecular weight excluding hydrogens is 350 g/mol. The van der Waals surface area contributed by atoms with Crippen LogP contribution in [-0.4, -0.2) is 35.9 Å². The van der Waals surface area contributed by atoms with Crippen molar-refractivity contribution in [3.63, 3.8) is 0 Å². The highest BCUT2D eigenvalue weighted by molar-refractivity contribution is 7.13. The number of ether oxygens (including phenoxy) is 2. The normalized spacial score (nSPS) is 10.3. The van der Waals surface area contributed by atoms with Crippen molar-refractivity contribution in [1.29, 1.82) is 0 Å². The summed E-state index contributed by atoms with van der Waals surface area (Å²) in [5.74, 6) is 0.937. The Morgan fingerprint density at radius 1 is 1.08 bits per heavy atom. The van der Waals surface area contributed by atoms with Crippen LogP contribution in [0.1, 0.15) is 5.56 Å². The van der Waals surface area contributed by atoms with Gasteiger partial charge in [-0.2, -0.15) is 0 Å². The molecule has 1 aromatic carbocycles. The Hall–Kier alpha value is -2.93. The van der Waals surface area contributed by atoms with E-state index in [0.717, 1.165) is 16.1 Å². The van der Waals surface area contributed by atoms with Crippen LogP contribution < -0.4 is 14.8 Å². The van der Waals surface area contributed by atoms with Crippen LogP contribution in [0, 0.1) is 6.92 Å². The van der Waals surface area contributed by atoms with E-state index in [9.17, 15) is 4.79 Å². The molecule has 3 aromatic rings. The van der Waals surface area contributed by atoms with Crippen LogP contribution in [0.4, 0.5) is 0 Å². The fraction of sp³-hybridized carbons (Fsp3) is 0.211. The summed E-state index contributed by atoms with van der Waals surface area (Å²) >= 11 is 1.61. The van der Waals surface area contributed by atoms with Crippen LogP contribution in [0.3, 0.4) is 0 Å². The van der Waals surface area contributed by atoms with Crippen LogP contribution in [0.25, 0.3) is 10.6 Å². The minimum absolute atomic E-state index is 0.0276. The van der Waals surface area contributed by atoms with Crippen molar-refractivity contribution in [2.45, 2.75) is 6.92 Å². The molecule has 134 valence electrons. The van der Waals surface area contributed by atoms with Gasteiger partial charge in [-0.15, -0.1) is 21.5 Å². The van der Waals surface area contributed by atoms with Crippen LogP contribution in [0.2, 0.25) is 0 Å². The molecule has 0 radical (unpaired) electrons. The summed E-state index contributed by atoms with van der Waals surface area (Å²) in [6, 6.07) is 15.2. The molecule has 6 nitrogen and oxygen atoms in total. The quantitative estimate of drug-likeness (QED) is 0.618. The zero-order chi connectivity index (χ0) is 18.2. The number of rotatable bonds is 8. The molecule has 0 aliphatic rings. The van der Waals surface area contributed by atoms with E-state index >= 15 is 0 Å². The fourth-order valence-corrected chi connectivity index (χ4v) is 2.90. The van der Waals surface area contributed by atoms with Gasteiger partial charge in [0.2, 0.25) is 5.88 Å². The molecule has 0 saturated heterocycles. The standard InChI is InChI=1S/C19H19N3O3S/c1-14-5-2-3-6-16(14)25-13-18(23)20-10-11-24-19-9-8-15(21-22-19)17-7-4-12-26-17/h2-9,12H,10-11,13H2,1H3,(H,20,23). The lowest BCUT2D eigenvalue weighted by atomic mass is 10.2. The molecule has 0 atom stereocenters. The van der Waals surface area contributed by atoms with Gasteiger partial charge in [0.1, 0.15) is 18.1 Å². The van der Waals surface area contributed by atoms with Crippen LogP contribution in [0.5, 0.6) is 11.6 Å². The predicted octanol–water partition coefficient (Wildman–Crippen LogP) is 3.09. The Bertz CT molecular complexity index is 836. The number of aryl methyl sites for hydroxylation is 1. The summed E-state index contributed by atoms with van der Waals surface area (Å²) in [6.07, 6.45) is 0. The summed E-state index contributed by atoms with van der Waals surface area (Å²) in [6.45, 7) is 2.58. The van der Waals surface area contributed by atoms with Crippen molar-refractivity contribution >= 4 is 17.2 Å². The van der Waals surface area contributed by atoms with Crippen molar-refractivity contribution in [3.8, 4) is 22.2 Å². The fourth-order valence-electron chi connectivity index (χ4n) is 2.21. The zero-order valence-electron chi connectivity index (χ0n) is 14.3. The molecule has 1 amide bonds. The molecule has 3 rings (SSSR count). The second-order valence-corrected chi connectivity index (χ2v) is 6.43. The molecule has 0 bridgehead atoms. The number of hydrogen-bond acceptors (Lipinski definition) is 6. The highest BCUT2D eigenvalue weighted by atomic mass is 32.1. The minimum atomic E-state index is -0.198. The van der Waals surface area contributed by atoms with Crippen molar-refractivity contribution in [2.24, 2.45) is 0 Å². The van der Waals surface area contributed by atoms with E-state index in [4.69, 9.17) is 9.47 Å². The Morgan fingerprint density at radius 2 is 1.96 bits per heavy atom. The van der Waals surface area contributed by atoms with Gasteiger partial charge in [-0.05, 0) is 36.1 Å². The lowest BCUT2D eigenvalue weighted by Crippen LogP contribution is -2.32. The van der Waals surface area contributed by atoms with Gasteiger partial charge in [0.15, 0.2) is 6.61 Å². The number of carbonyl (C=O) groups excluding carboxylic acids is 1. The van der Waals surface area contributed by atoms with Gasteiger partial charge in [0.25, 0.3) is 5.91 Å². The Balaban J connectivity index is 1.36. The third kappa shape index (κ3) is 5.03. The second kappa shape index (κ2) is 8.96. The number of thiophene rings is 1. The average molecular weight is 369 g/mol. The molecule has 7 heteroatoms. The molecule has 0 fully saturated rings. The summed E-state index contributed by atoms with van der Waals surface area (Å²) in [5, 5.41) is 12.9. The number of benzene rings is 1. The van der Waals surface area contributed by atoms with Gasteiger partial charge in [-0.3, -0.25) is 4.79 Å². The monoisotopic (exact) mass is 369 g/mol. The molecular formula is C19H19N3O3S. The first-order chi connectivity index (χ1) is 12.7. The number of hydrogen-bond donors (Lipinski definition) is 1. The van der Waals surface area contributed by atoms with Crippen LogP contribution >= 0.6 is 11.3 Å². The molecule has 0 aliphatic carbocycles. The first-order valence-corrected chi connectivity index (χ1v) is 9.06. The third-order valence-corrected chi connectivity index (χ3v) is 4.43. The van der Waals surface area contributed by atoms with E-state index in [-0.39, 0.29) is 12.5 Å². The minimum Gasteiger partial charge on any atom is -0.484 e. The zero-order valence-corrected chi connectivity index (χ0v) is 15.2. The van der Waals surface area contributed by atoms with Gasteiger partial charge in [0, 0.05) is 6.07 Å². The first-order valence-electron chi connectivity index (χ1n) is 8.18. The highest BCUT2D eigenvalue weighted by Crippen LogP contribution is 2.22. The average Bonchev–Trinajstić information content (AvgIpc) is 3.20. The van der Waals surface area contributed by atoms with Crippen molar-refractivity contribution in [1.82, 2.24) is 15.5 Å². The maximum absolute atomic E-state index is 11.8. The number of aromatic nitrogens is 2. The van der Waals surface area contributed by atoms with E-state index in [1.165, 1.54) is 0 Å². The summed E-state index contributed by atoms with van der Waals surface area (Å²) in [5.41, 5.74) is 1.81. The van der Waals surface area contributed by atoms with Gasteiger partial charge in [-0.1, -0.05) is 24.3 Å². The van der Waals surface area contributed by atoms with Crippen molar-refractivity contribution in [3.05, 3.63) is 59.5 Å². The smallest absolute Gasteiger partial charge is 0.258 e. The maximum atomic E-state index is 11.8. The van der Waals surface area contributed by atoms with Gasteiger partial charge >= 0.3 is 0 Å². The Kier molecular flexibility index (Phi) is 6.16. The predicted molar refractivity (Wildman–Crippen MR) is 101 cm³/mol. The van der Waals surface area contributed by atoms with Crippen molar-refractivity contribution in [2.75, 3.05) is 19.8 Å². The molecule has 0 saturated carbocycles. The molecule has 0 aliphatic heterocycles. The number of amides is 1. The number of carbonyl (C=O) groups is 1. The number of nitrogens with zero attached hydrogens (tertiary/aromatic N) is 2. The Morgan fingerprint density at radius 3 is 2.69 bits per heavy atom. The van der Waals surface area contributed by atoms with E-state index in [1.807, 2.05) is 54.8 Å². The molecule has 0 unspecified atom stereocenters. The number of para-hydroxylation sites is 1. The van der Waals surface area contributed by atoms with E-state index < -0.39 is 0 Å². The van der Waals surface area contributed by atoms with Gasteiger partial charge in [-0.25, -0.2) is 0 Å².